The molecule has 1 N–H and O–H groups in total. The molecule has 0 fully saturated rings. The fraction of sp³-hybridized carbons (Fsp3) is 0.381. The van der Waals surface area contributed by atoms with Gasteiger partial charge in [0.25, 0.3) is 0 Å². The molecule has 0 atom stereocenters. The molecule has 2 aromatic carbocycles. The smallest absolute Gasteiger partial charge is 0.221 e. The molecule has 138 valence electrons. The number of benzene rings is 2. The lowest BCUT2D eigenvalue weighted by molar-refractivity contribution is -0.121. The molecule has 2 aromatic rings. The molecule has 26 heavy (non-hydrogen) atoms. The molecule has 0 aliphatic carbocycles. The van der Waals surface area contributed by atoms with Crippen molar-refractivity contribution in [2.24, 2.45) is 0 Å². The zero-order valence-electron chi connectivity index (χ0n) is 15.1. The Labute approximate surface area is 160 Å². The second-order valence-electron chi connectivity index (χ2n) is 6.51. The number of carbonyl (C=O) groups is 1. The van der Waals surface area contributed by atoms with E-state index in [9.17, 15) is 4.79 Å². The van der Waals surface area contributed by atoms with Crippen molar-refractivity contribution in [1.29, 1.82) is 0 Å². The molecule has 4 nitrogen and oxygen atoms in total. The molecule has 1 amide bonds. The molecule has 0 bridgehead atoms. The van der Waals surface area contributed by atoms with Gasteiger partial charge in [0.2, 0.25) is 5.91 Å². The van der Waals surface area contributed by atoms with Gasteiger partial charge in [0.1, 0.15) is 5.75 Å². The van der Waals surface area contributed by atoms with Crippen LogP contribution in [0.2, 0.25) is 5.02 Å². The first-order valence-electron chi connectivity index (χ1n) is 9.12. The maximum Gasteiger partial charge on any atom is 0.221 e. The van der Waals surface area contributed by atoms with E-state index in [1.165, 1.54) is 11.1 Å². The lowest BCUT2D eigenvalue weighted by atomic mass is 9.99. The van der Waals surface area contributed by atoms with E-state index in [4.69, 9.17) is 16.3 Å². The quantitative estimate of drug-likeness (QED) is 0.803. The standard InChI is InChI=1S/C21H25ClN2O2/c1-2-26-19-8-7-16-9-11-24(15-18(16)13-19)12-10-21(25)23-14-17-5-3-4-6-20(17)22/h3-8,13H,2,9-12,14-15H2,1H3,(H,23,25). The number of carbonyl (C=O) groups excluding carboxylic acids is 1. The highest BCUT2D eigenvalue weighted by Crippen LogP contribution is 2.24. The van der Waals surface area contributed by atoms with E-state index >= 15 is 0 Å². The average Bonchev–Trinajstić information content (AvgIpc) is 2.65. The van der Waals surface area contributed by atoms with Crippen molar-refractivity contribution in [2.75, 3.05) is 19.7 Å². The van der Waals surface area contributed by atoms with Gasteiger partial charge in [-0.25, -0.2) is 0 Å². The third kappa shape index (κ3) is 4.99. The van der Waals surface area contributed by atoms with Crippen LogP contribution in [0.4, 0.5) is 0 Å². The van der Waals surface area contributed by atoms with Crippen LogP contribution in [0.3, 0.4) is 0 Å². The van der Waals surface area contributed by atoms with Gasteiger partial charge in [-0.3, -0.25) is 9.69 Å². The van der Waals surface area contributed by atoms with Crippen molar-refractivity contribution in [3.8, 4) is 5.75 Å². The summed E-state index contributed by atoms with van der Waals surface area (Å²) < 4.78 is 5.60. The van der Waals surface area contributed by atoms with Crippen molar-refractivity contribution in [2.45, 2.75) is 32.9 Å². The molecule has 0 radical (unpaired) electrons. The molecule has 5 heteroatoms. The molecule has 0 spiro atoms. The third-order valence-electron chi connectivity index (χ3n) is 4.67. The van der Waals surface area contributed by atoms with Gasteiger partial charge >= 0.3 is 0 Å². The monoisotopic (exact) mass is 372 g/mol. The van der Waals surface area contributed by atoms with Crippen LogP contribution in [0.25, 0.3) is 0 Å². The van der Waals surface area contributed by atoms with Gasteiger partial charge in [-0.05, 0) is 48.2 Å². The highest BCUT2D eigenvalue weighted by molar-refractivity contribution is 6.31. The first-order valence-corrected chi connectivity index (χ1v) is 9.50. The molecule has 3 rings (SSSR count). The fourth-order valence-electron chi connectivity index (χ4n) is 3.22. The molecule has 1 heterocycles. The van der Waals surface area contributed by atoms with E-state index in [1.54, 1.807) is 0 Å². The van der Waals surface area contributed by atoms with Gasteiger partial charge in [-0.15, -0.1) is 0 Å². The van der Waals surface area contributed by atoms with E-state index < -0.39 is 0 Å². The van der Waals surface area contributed by atoms with E-state index in [-0.39, 0.29) is 5.91 Å². The maximum absolute atomic E-state index is 12.2. The van der Waals surface area contributed by atoms with Crippen LogP contribution in [-0.2, 0) is 24.3 Å². The largest absolute Gasteiger partial charge is 0.494 e. The van der Waals surface area contributed by atoms with Crippen LogP contribution in [0, 0.1) is 0 Å². The number of halogens is 1. The minimum Gasteiger partial charge on any atom is -0.494 e. The normalized spacial score (nSPS) is 13.9. The Morgan fingerprint density at radius 2 is 2.08 bits per heavy atom. The summed E-state index contributed by atoms with van der Waals surface area (Å²) in [4.78, 5) is 14.5. The first-order chi connectivity index (χ1) is 12.7. The Balaban J connectivity index is 1.47. The number of ether oxygens (including phenoxy) is 1. The summed E-state index contributed by atoms with van der Waals surface area (Å²) in [6.45, 7) is 5.75. The zero-order valence-corrected chi connectivity index (χ0v) is 15.9. The number of rotatable bonds is 7. The molecular weight excluding hydrogens is 348 g/mol. The lowest BCUT2D eigenvalue weighted by Gasteiger charge is -2.28. The Kier molecular flexibility index (Phi) is 6.53. The number of hydrogen-bond donors (Lipinski definition) is 1. The maximum atomic E-state index is 12.2. The van der Waals surface area contributed by atoms with Crippen LogP contribution in [-0.4, -0.2) is 30.5 Å². The highest BCUT2D eigenvalue weighted by Gasteiger charge is 2.17. The minimum absolute atomic E-state index is 0.0544. The van der Waals surface area contributed by atoms with Gasteiger partial charge in [0, 0.05) is 37.6 Å². The molecule has 0 saturated heterocycles. The van der Waals surface area contributed by atoms with Crippen LogP contribution < -0.4 is 10.1 Å². The number of nitrogens with zero attached hydrogens (tertiary/aromatic N) is 1. The predicted octanol–water partition coefficient (Wildman–Crippen LogP) is 3.80. The van der Waals surface area contributed by atoms with E-state index in [0.29, 0.717) is 24.6 Å². The summed E-state index contributed by atoms with van der Waals surface area (Å²) in [6, 6.07) is 13.9. The van der Waals surface area contributed by atoms with Crippen LogP contribution in [0.1, 0.15) is 30.0 Å². The topological polar surface area (TPSA) is 41.6 Å². The van der Waals surface area contributed by atoms with Gasteiger partial charge in [0.05, 0.1) is 6.61 Å². The minimum atomic E-state index is 0.0544. The van der Waals surface area contributed by atoms with Gasteiger partial charge in [-0.2, -0.15) is 0 Å². The van der Waals surface area contributed by atoms with Gasteiger partial charge in [0.15, 0.2) is 0 Å². The van der Waals surface area contributed by atoms with Crippen LogP contribution >= 0.6 is 11.6 Å². The fourth-order valence-corrected chi connectivity index (χ4v) is 3.43. The Morgan fingerprint density at radius 1 is 1.23 bits per heavy atom. The number of fused-ring (bicyclic) bond motifs is 1. The second kappa shape index (κ2) is 9.06. The Morgan fingerprint density at radius 3 is 2.88 bits per heavy atom. The molecule has 1 aliphatic heterocycles. The summed E-state index contributed by atoms with van der Waals surface area (Å²) >= 11 is 6.12. The zero-order chi connectivity index (χ0) is 18.4. The molecular formula is C21H25ClN2O2. The molecule has 0 unspecified atom stereocenters. The van der Waals surface area contributed by atoms with Crippen molar-refractivity contribution in [3.63, 3.8) is 0 Å². The van der Waals surface area contributed by atoms with Gasteiger partial charge in [-0.1, -0.05) is 35.9 Å². The van der Waals surface area contributed by atoms with Crippen molar-refractivity contribution in [3.05, 3.63) is 64.2 Å². The first kappa shape index (κ1) is 18.7. The van der Waals surface area contributed by atoms with E-state index in [1.807, 2.05) is 37.3 Å². The van der Waals surface area contributed by atoms with E-state index in [0.717, 1.165) is 37.4 Å². The summed E-state index contributed by atoms with van der Waals surface area (Å²) in [5.74, 6) is 0.976. The molecule has 1 aliphatic rings. The average molecular weight is 373 g/mol. The summed E-state index contributed by atoms with van der Waals surface area (Å²) in [7, 11) is 0. The van der Waals surface area contributed by atoms with Crippen molar-refractivity contribution < 1.29 is 9.53 Å². The van der Waals surface area contributed by atoms with Crippen molar-refractivity contribution >= 4 is 17.5 Å². The Bertz CT molecular complexity index is 763. The summed E-state index contributed by atoms with van der Waals surface area (Å²) in [6.07, 6.45) is 1.51. The Hall–Kier alpha value is -2.04. The SMILES string of the molecule is CCOc1ccc2c(c1)CN(CCC(=O)NCc1ccccc1Cl)CC2. The number of hydrogen-bond acceptors (Lipinski definition) is 3. The molecule has 0 saturated carbocycles. The molecule has 0 aromatic heterocycles. The summed E-state index contributed by atoms with van der Waals surface area (Å²) in [5.41, 5.74) is 3.63. The number of nitrogens with one attached hydrogen (secondary N) is 1. The lowest BCUT2D eigenvalue weighted by Crippen LogP contribution is -2.34. The summed E-state index contributed by atoms with van der Waals surface area (Å²) in [5, 5.41) is 3.64. The van der Waals surface area contributed by atoms with Crippen LogP contribution in [0.15, 0.2) is 42.5 Å². The van der Waals surface area contributed by atoms with E-state index in [2.05, 4.69) is 22.3 Å². The number of amides is 1. The predicted molar refractivity (Wildman–Crippen MR) is 105 cm³/mol. The third-order valence-corrected chi connectivity index (χ3v) is 5.04. The second-order valence-corrected chi connectivity index (χ2v) is 6.92. The highest BCUT2D eigenvalue weighted by atomic mass is 35.5. The van der Waals surface area contributed by atoms with Crippen molar-refractivity contribution in [1.82, 2.24) is 10.2 Å². The van der Waals surface area contributed by atoms with Gasteiger partial charge < -0.3 is 10.1 Å². The van der Waals surface area contributed by atoms with Crippen LogP contribution in [0.5, 0.6) is 5.75 Å².